The van der Waals surface area contributed by atoms with Crippen molar-refractivity contribution in [3.05, 3.63) is 41.5 Å². The number of morpholine rings is 1. The number of rotatable bonds is 3. The van der Waals surface area contributed by atoms with E-state index < -0.39 is 0 Å². The van der Waals surface area contributed by atoms with Gasteiger partial charge in [0, 0.05) is 25.6 Å². The molecule has 0 radical (unpaired) electrons. The second kappa shape index (κ2) is 7.70. The van der Waals surface area contributed by atoms with Crippen molar-refractivity contribution < 1.29 is 9.53 Å². The van der Waals surface area contributed by atoms with Crippen LogP contribution in [0.25, 0.3) is 6.08 Å². The molecule has 0 N–H and O–H groups in total. The fraction of sp³-hybridized carbons (Fsp3) is 0.526. The van der Waals surface area contributed by atoms with Crippen molar-refractivity contribution in [2.75, 3.05) is 32.8 Å². The van der Waals surface area contributed by atoms with Crippen molar-refractivity contribution in [1.29, 1.82) is 0 Å². The van der Waals surface area contributed by atoms with E-state index in [4.69, 9.17) is 4.74 Å². The van der Waals surface area contributed by atoms with Crippen LogP contribution in [0.2, 0.25) is 0 Å². The minimum atomic E-state index is 0.163. The van der Waals surface area contributed by atoms with E-state index in [-0.39, 0.29) is 5.92 Å². The molecule has 22 heavy (non-hydrogen) atoms. The standard InChI is InChI=1S/C19H25NO2/c21-19-17(14-16-6-2-1-3-7-16)8-4-5-9-18(19)15-20-10-12-22-13-11-20/h1-3,6-7,14,18H,4-5,8-13,15H2/b17-14+. The number of ketones is 1. The van der Waals surface area contributed by atoms with E-state index in [0.29, 0.717) is 5.78 Å². The number of nitrogens with zero attached hydrogens (tertiary/aromatic N) is 1. The van der Waals surface area contributed by atoms with E-state index in [9.17, 15) is 4.79 Å². The number of carbonyl (C=O) groups is 1. The maximum Gasteiger partial charge on any atom is 0.163 e. The highest BCUT2D eigenvalue weighted by Crippen LogP contribution is 2.26. The molecule has 1 saturated carbocycles. The van der Waals surface area contributed by atoms with E-state index in [1.54, 1.807) is 0 Å². The van der Waals surface area contributed by atoms with Crippen molar-refractivity contribution in [1.82, 2.24) is 4.90 Å². The van der Waals surface area contributed by atoms with Gasteiger partial charge < -0.3 is 4.74 Å². The number of ether oxygens (including phenoxy) is 1. The summed E-state index contributed by atoms with van der Waals surface area (Å²) in [4.78, 5) is 15.3. The summed E-state index contributed by atoms with van der Waals surface area (Å²) in [5, 5.41) is 0. The molecule has 2 fully saturated rings. The monoisotopic (exact) mass is 299 g/mol. The van der Waals surface area contributed by atoms with Crippen LogP contribution in [0, 0.1) is 5.92 Å². The first-order chi connectivity index (χ1) is 10.8. The predicted molar refractivity (Wildman–Crippen MR) is 88.6 cm³/mol. The second-order valence-corrected chi connectivity index (χ2v) is 6.30. The third kappa shape index (κ3) is 4.05. The molecule has 0 bridgehead atoms. The first-order valence-electron chi connectivity index (χ1n) is 8.43. The minimum absolute atomic E-state index is 0.163. The molecule has 3 nitrogen and oxygen atoms in total. The van der Waals surface area contributed by atoms with Crippen molar-refractivity contribution in [3.8, 4) is 0 Å². The Hall–Kier alpha value is -1.45. The number of hydrogen-bond acceptors (Lipinski definition) is 3. The van der Waals surface area contributed by atoms with Crippen molar-refractivity contribution >= 4 is 11.9 Å². The van der Waals surface area contributed by atoms with E-state index in [1.165, 1.54) is 0 Å². The van der Waals surface area contributed by atoms with Gasteiger partial charge in [0.15, 0.2) is 5.78 Å². The van der Waals surface area contributed by atoms with Crippen LogP contribution >= 0.6 is 0 Å². The Labute approximate surface area is 133 Å². The summed E-state index contributed by atoms with van der Waals surface area (Å²) in [6, 6.07) is 10.2. The van der Waals surface area contributed by atoms with Gasteiger partial charge in [-0.25, -0.2) is 0 Å². The van der Waals surface area contributed by atoms with E-state index in [0.717, 1.165) is 69.7 Å². The van der Waals surface area contributed by atoms with Gasteiger partial charge in [0.2, 0.25) is 0 Å². The van der Waals surface area contributed by atoms with Crippen LogP contribution in [0.15, 0.2) is 35.9 Å². The molecule has 1 aromatic rings. The molecule has 1 saturated heterocycles. The number of hydrogen-bond donors (Lipinski definition) is 0. The molecule has 0 spiro atoms. The summed E-state index contributed by atoms with van der Waals surface area (Å²) in [6.45, 7) is 4.42. The first-order valence-corrected chi connectivity index (χ1v) is 8.43. The normalized spacial score (nSPS) is 26.1. The highest BCUT2D eigenvalue weighted by molar-refractivity contribution is 6.01. The maximum absolute atomic E-state index is 12.9. The molecular weight excluding hydrogens is 274 g/mol. The third-order valence-electron chi connectivity index (χ3n) is 4.66. The van der Waals surface area contributed by atoms with Gasteiger partial charge >= 0.3 is 0 Å². The molecule has 2 aliphatic rings. The van der Waals surface area contributed by atoms with E-state index in [2.05, 4.69) is 23.1 Å². The van der Waals surface area contributed by atoms with Crippen LogP contribution < -0.4 is 0 Å². The maximum atomic E-state index is 12.9. The number of Topliss-reactive ketones (excluding diaryl/α,β-unsaturated/α-hetero) is 1. The molecule has 3 rings (SSSR count). The lowest BCUT2D eigenvalue weighted by molar-refractivity contribution is -0.120. The second-order valence-electron chi connectivity index (χ2n) is 6.30. The predicted octanol–water partition coefficient (Wildman–Crippen LogP) is 3.16. The molecule has 1 aromatic carbocycles. The highest BCUT2D eigenvalue weighted by atomic mass is 16.5. The van der Waals surface area contributed by atoms with Crippen LogP contribution in [-0.2, 0) is 9.53 Å². The quantitative estimate of drug-likeness (QED) is 0.634. The average molecular weight is 299 g/mol. The van der Waals surface area contributed by atoms with Gasteiger partial charge in [-0.15, -0.1) is 0 Å². The Kier molecular flexibility index (Phi) is 5.41. The molecule has 1 heterocycles. The zero-order chi connectivity index (χ0) is 15.2. The highest BCUT2D eigenvalue weighted by Gasteiger charge is 2.27. The van der Waals surface area contributed by atoms with Crippen molar-refractivity contribution in [2.24, 2.45) is 5.92 Å². The molecule has 0 amide bonds. The molecule has 1 aliphatic carbocycles. The molecule has 0 aromatic heterocycles. The molecule has 3 heteroatoms. The van der Waals surface area contributed by atoms with E-state index >= 15 is 0 Å². The molecule has 1 unspecified atom stereocenters. The lowest BCUT2D eigenvalue weighted by Crippen LogP contribution is -2.41. The van der Waals surface area contributed by atoms with Crippen LogP contribution in [0.4, 0.5) is 0 Å². The lowest BCUT2D eigenvalue weighted by Gasteiger charge is -2.29. The summed E-state index contributed by atoms with van der Waals surface area (Å²) >= 11 is 0. The van der Waals surface area contributed by atoms with Gasteiger partial charge in [-0.2, -0.15) is 0 Å². The number of carbonyl (C=O) groups excluding carboxylic acids is 1. The number of benzene rings is 1. The molecule has 1 atom stereocenters. The smallest absolute Gasteiger partial charge is 0.163 e. The van der Waals surface area contributed by atoms with Crippen LogP contribution in [0.3, 0.4) is 0 Å². The Bertz CT molecular complexity index is 517. The van der Waals surface area contributed by atoms with Crippen molar-refractivity contribution in [2.45, 2.75) is 25.7 Å². The Balaban J connectivity index is 1.71. The number of allylic oxidation sites excluding steroid dienone is 1. The van der Waals surface area contributed by atoms with Gasteiger partial charge in [-0.05, 0) is 36.5 Å². The molecule has 118 valence electrons. The summed E-state index contributed by atoms with van der Waals surface area (Å²) in [6.07, 6.45) is 6.34. The van der Waals surface area contributed by atoms with Crippen LogP contribution in [0.1, 0.15) is 31.2 Å². The molecule has 1 aliphatic heterocycles. The lowest BCUT2D eigenvalue weighted by atomic mass is 9.94. The van der Waals surface area contributed by atoms with Gasteiger partial charge in [-0.3, -0.25) is 9.69 Å². The van der Waals surface area contributed by atoms with Gasteiger partial charge in [0.1, 0.15) is 0 Å². The van der Waals surface area contributed by atoms with Gasteiger partial charge in [-0.1, -0.05) is 36.8 Å². The Morgan fingerprint density at radius 2 is 1.91 bits per heavy atom. The fourth-order valence-corrected chi connectivity index (χ4v) is 3.39. The first kappa shape index (κ1) is 15.4. The Morgan fingerprint density at radius 1 is 1.14 bits per heavy atom. The summed E-state index contributed by atoms with van der Waals surface area (Å²) in [5.41, 5.74) is 2.15. The summed E-state index contributed by atoms with van der Waals surface area (Å²) in [7, 11) is 0. The Morgan fingerprint density at radius 3 is 2.68 bits per heavy atom. The third-order valence-corrected chi connectivity index (χ3v) is 4.66. The SMILES string of the molecule is O=C1/C(=C/c2ccccc2)CCCCC1CN1CCOCC1. The van der Waals surface area contributed by atoms with Crippen LogP contribution in [-0.4, -0.2) is 43.5 Å². The summed E-state index contributed by atoms with van der Waals surface area (Å²) in [5.74, 6) is 0.531. The van der Waals surface area contributed by atoms with Gasteiger partial charge in [0.25, 0.3) is 0 Å². The largest absolute Gasteiger partial charge is 0.379 e. The average Bonchev–Trinajstić information content (AvgIpc) is 2.73. The van der Waals surface area contributed by atoms with Crippen LogP contribution in [0.5, 0.6) is 0 Å². The topological polar surface area (TPSA) is 29.5 Å². The van der Waals surface area contributed by atoms with Crippen molar-refractivity contribution in [3.63, 3.8) is 0 Å². The minimum Gasteiger partial charge on any atom is -0.379 e. The van der Waals surface area contributed by atoms with E-state index in [1.807, 2.05) is 18.2 Å². The zero-order valence-electron chi connectivity index (χ0n) is 13.2. The molecular formula is C19H25NO2. The summed E-state index contributed by atoms with van der Waals surface area (Å²) < 4.78 is 5.40. The fourth-order valence-electron chi connectivity index (χ4n) is 3.39. The van der Waals surface area contributed by atoms with Gasteiger partial charge in [0.05, 0.1) is 13.2 Å². The zero-order valence-corrected chi connectivity index (χ0v) is 13.2.